The number of benzene rings is 1. The fraction of sp³-hybridized carbons (Fsp3) is 0. The maximum atomic E-state index is 11.7. The Morgan fingerprint density at radius 2 is 1.94 bits per heavy atom. The van der Waals surface area contributed by atoms with Crippen LogP contribution in [0.1, 0.15) is 16.1 Å². The van der Waals surface area contributed by atoms with Gasteiger partial charge in [0.05, 0.1) is 4.92 Å². The summed E-state index contributed by atoms with van der Waals surface area (Å²) in [5.74, 6) is -0.330. The first-order valence-electron chi connectivity index (χ1n) is 4.38. The van der Waals surface area contributed by atoms with Crippen molar-refractivity contribution in [2.24, 2.45) is 0 Å². The molecule has 0 amide bonds. The molecule has 0 unspecified atom stereocenters. The van der Waals surface area contributed by atoms with Crippen LogP contribution in [0.3, 0.4) is 0 Å². The zero-order chi connectivity index (χ0) is 11.5. The second-order valence-corrected chi connectivity index (χ2v) is 3.02. The van der Waals surface area contributed by atoms with Crippen molar-refractivity contribution in [1.29, 1.82) is 0 Å². The van der Waals surface area contributed by atoms with E-state index in [-0.39, 0.29) is 17.2 Å². The topological polar surface area (TPSA) is 86.2 Å². The van der Waals surface area contributed by atoms with Gasteiger partial charge in [-0.25, -0.2) is 0 Å². The standard InChI is InChI=1S/C10H6N2O4/c13-10(9-5-6-16-11-9)7-1-3-8(4-2-7)12(14)15/h1-6H. The average Bonchev–Trinajstić information content (AvgIpc) is 2.81. The van der Waals surface area contributed by atoms with E-state index >= 15 is 0 Å². The Hall–Kier alpha value is -2.50. The lowest BCUT2D eigenvalue weighted by Gasteiger charge is -1.96. The number of non-ortho nitro benzene ring substituents is 1. The number of carbonyl (C=O) groups excluding carboxylic acids is 1. The van der Waals surface area contributed by atoms with Gasteiger partial charge < -0.3 is 4.52 Å². The molecule has 0 aliphatic carbocycles. The highest BCUT2D eigenvalue weighted by Crippen LogP contribution is 2.14. The number of aromatic nitrogens is 1. The first-order chi connectivity index (χ1) is 7.68. The van der Waals surface area contributed by atoms with E-state index in [2.05, 4.69) is 9.68 Å². The Balaban J connectivity index is 2.29. The van der Waals surface area contributed by atoms with E-state index in [1.165, 1.54) is 36.6 Å². The van der Waals surface area contributed by atoms with Crippen LogP contribution in [-0.2, 0) is 0 Å². The van der Waals surface area contributed by atoms with Gasteiger partial charge in [0.2, 0.25) is 5.78 Å². The van der Waals surface area contributed by atoms with Crippen LogP contribution < -0.4 is 0 Å². The Bertz CT molecular complexity index is 516. The molecule has 0 spiro atoms. The quantitative estimate of drug-likeness (QED) is 0.445. The van der Waals surface area contributed by atoms with E-state index in [1.54, 1.807) is 0 Å². The molecule has 16 heavy (non-hydrogen) atoms. The Morgan fingerprint density at radius 1 is 1.25 bits per heavy atom. The molecule has 2 rings (SSSR count). The third kappa shape index (κ3) is 1.81. The molecule has 6 heteroatoms. The van der Waals surface area contributed by atoms with Crippen LogP contribution in [0.2, 0.25) is 0 Å². The number of ketones is 1. The Labute approximate surface area is 89.6 Å². The van der Waals surface area contributed by atoms with E-state index < -0.39 is 4.92 Å². The molecule has 1 aromatic carbocycles. The number of nitro groups is 1. The summed E-state index contributed by atoms with van der Waals surface area (Å²) in [6, 6.07) is 6.74. The SMILES string of the molecule is O=C(c1ccc([N+](=O)[O-])cc1)c1ccon1. The molecule has 0 aliphatic rings. The highest BCUT2D eigenvalue weighted by molar-refractivity contribution is 6.07. The van der Waals surface area contributed by atoms with Crippen molar-refractivity contribution >= 4 is 11.5 Å². The first kappa shape index (κ1) is 10.0. The smallest absolute Gasteiger partial charge is 0.269 e. The number of hydrogen-bond donors (Lipinski definition) is 0. The lowest BCUT2D eigenvalue weighted by atomic mass is 10.1. The van der Waals surface area contributed by atoms with Crippen molar-refractivity contribution in [3.63, 3.8) is 0 Å². The molecule has 0 bridgehead atoms. The second-order valence-electron chi connectivity index (χ2n) is 3.02. The summed E-state index contributed by atoms with van der Waals surface area (Å²) in [5, 5.41) is 13.9. The molecule has 6 nitrogen and oxygen atoms in total. The molecule has 80 valence electrons. The van der Waals surface area contributed by atoms with Crippen LogP contribution in [0.25, 0.3) is 0 Å². The van der Waals surface area contributed by atoms with Gasteiger partial charge in [0, 0.05) is 23.8 Å². The maximum absolute atomic E-state index is 11.7. The number of rotatable bonds is 3. The molecule has 0 fully saturated rings. The van der Waals surface area contributed by atoms with Gasteiger partial charge in [0.25, 0.3) is 5.69 Å². The van der Waals surface area contributed by atoms with E-state index in [9.17, 15) is 14.9 Å². The summed E-state index contributed by atoms with van der Waals surface area (Å²) >= 11 is 0. The molecule has 0 atom stereocenters. The van der Waals surface area contributed by atoms with Gasteiger partial charge in [-0.1, -0.05) is 5.16 Å². The lowest BCUT2D eigenvalue weighted by Crippen LogP contribution is -2.01. The summed E-state index contributed by atoms with van der Waals surface area (Å²) in [4.78, 5) is 21.6. The van der Waals surface area contributed by atoms with Crippen LogP contribution >= 0.6 is 0 Å². The number of nitrogens with zero attached hydrogens (tertiary/aromatic N) is 2. The van der Waals surface area contributed by atoms with Crippen molar-refractivity contribution < 1.29 is 14.2 Å². The summed E-state index contributed by atoms with van der Waals surface area (Å²) in [5.41, 5.74) is 0.449. The minimum absolute atomic E-state index is 0.0586. The van der Waals surface area contributed by atoms with Gasteiger partial charge in [-0.05, 0) is 12.1 Å². The molecular weight excluding hydrogens is 212 g/mol. The monoisotopic (exact) mass is 218 g/mol. The van der Waals surface area contributed by atoms with Crippen molar-refractivity contribution in [3.05, 3.63) is 58.0 Å². The molecule has 0 N–H and O–H groups in total. The summed E-state index contributed by atoms with van der Waals surface area (Å²) in [7, 11) is 0. The number of nitro benzene ring substituents is 1. The third-order valence-corrected chi connectivity index (χ3v) is 2.01. The average molecular weight is 218 g/mol. The highest BCUT2D eigenvalue weighted by Gasteiger charge is 2.13. The molecule has 1 aromatic heterocycles. The molecule has 0 radical (unpaired) electrons. The van der Waals surface area contributed by atoms with Gasteiger partial charge in [-0.15, -0.1) is 0 Å². The summed E-state index contributed by atoms with van der Waals surface area (Å²) in [6.07, 6.45) is 1.29. The largest absolute Gasteiger partial charge is 0.364 e. The molecule has 2 aromatic rings. The van der Waals surface area contributed by atoms with Gasteiger partial charge in [-0.3, -0.25) is 14.9 Å². The molecule has 0 saturated heterocycles. The van der Waals surface area contributed by atoms with E-state index in [0.29, 0.717) is 5.56 Å². The number of hydrogen-bond acceptors (Lipinski definition) is 5. The zero-order valence-electron chi connectivity index (χ0n) is 7.99. The third-order valence-electron chi connectivity index (χ3n) is 2.01. The zero-order valence-corrected chi connectivity index (χ0v) is 7.99. The minimum Gasteiger partial charge on any atom is -0.364 e. The summed E-state index contributed by atoms with van der Waals surface area (Å²) < 4.78 is 4.54. The van der Waals surface area contributed by atoms with E-state index in [4.69, 9.17) is 0 Å². The second kappa shape index (κ2) is 3.93. The van der Waals surface area contributed by atoms with Gasteiger partial charge in [0.1, 0.15) is 6.26 Å². The fourth-order valence-electron chi connectivity index (χ4n) is 1.21. The number of carbonyl (C=O) groups is 1. The van der Waals surface area contributed by atoms with Crippen molar-refractivity contribution in [2.45, 2.75) is 0 Å². The van der Waals surface area contributed by atoms with Gasteiger partial charge in [-0.2, -0.15) is 0 Å². The van der Waals surface area contributed by atoms with Crippen LogP contribution in [-0.4, -0.2) is 15.9 Å². The van der Waals surface area contributed by atoms with Gasteiger partial charge >= 0.3 is 0 Å². The Kier molecular flexibility index (Phi) is 2.47. The maximum Gasteiger partial charge on any atom is 0.269 e. The fourth-order valence-corrected chi connectivity index (χ4v) is 1.21. The molecule has 0 aliphatic heterocycles. The van der Waals surface area contributed by atoms with Crippen molar-refractivity contribution in [3.8, 4) is 0 Å². The predicted molar refractivity (Wildman–Crippen MR) is 53.0 cm³/mol. The van der Waals surface area contributed by atoms with Crippen molar-refractivity contribution in [2.75, 3.05) is 0 Å². The Morgan fingerprint density at radius 3 is 2.44 bits per heavy atom. The first-order valence-corrected chi connectivity index (χ1v) is 4.38. The molecule has 0 saturated carbocycles. The molecular formula is C10H6N2O4. The van der Waals surface area contributed by atoms with E-state index in [0.717, 1.165) is 0 Å². The van der Waals surface area contributed by atoms with Gasteiger partial charge in [0.15, 0.2) is 5.69 Å². The van der Waals surface area contributed by atoms with Crippen LogP contribution in [0, 0.1) is 10.1 Å². The van der Waals surface area contributed by atoms with Crippen LogP contribution in [0.15, 0.2) is 41.1 Å². The van der Waals surface area contributed by atoms with Crippen LogP contribution in [0.5, 0.6) is 0 Å². The van der Waals surface area contributed by atoms with E-state index in [1.807, 2.05) is 0 Å². The van der Waals surface area contributed by atoms with Crippen LogP contribution in [0.4, 0.5) is 5.69 Å². The molecule has 1 heterocycles. The lowest BCUT2D eigenvalue weighted by molar-refractivity contribution is -0.384. The summed E-state index contributed by atoms with van der Waals surface area (Å²) in [6.45, 7) is 0. The highest BCUT2D eigenvalue weighted by atomic mass is 16.6. The van der Waals surface area contributed by atoms with Crippen molar-refractivity contribution in [1.82, 2.24) is 5.16 Å². The predicted octanol–water partition coefficient (Wildman–Crippen LogP) is 1.81. The normalized spacial score (nSPS) is 10.0. The minimum atomic E-state index is -0.523.